The highest BCUT2D eigenvalue weighted by molar-refractivity contribution is 7.99. The molecule has 0 spiro atoms. The molecule has 2 N–H and O–H groups in total. The molecule has 0 radical (unpaired) electrons. The van der Waals surface area contributed by atoms with Gasteiger partial charge in [-0.15, -0.1) is 11.8 Å². The van der Waals surface area contributed by atoms with E-state index in [4.69, 9.17) is 10.2 Å². The predicted octanol–water partition coefficient (Wildman–Crippen LogP) is 4.39. The van der Waals surface area contributed by atoms with Crippen molar-refractivity contribution >= 4 is 11.8 Å². The van der Waals surface area contributed by atoms with Gasteiger partial charge in [-0.1, -0.05) is 6.07 Å². The van der Waals surface area contributed by atoms with Gasteiger partial charge in [0.2, 0.25) is 0 Å². The summed E-state index contributed by atoms with van der Waals surface area (Å²) in [6, 6.07) is 10.6. The Morgan fingerprint density at radius 1 is 1.05 bits per heavy atom. The third-order valence-electron chi connectivity index (χ3n) is 3.26. The van der Waals surface area contributed by atoms with Gasteiger partial charge >= 0.3 is 0 Å². The van der Waals surface area contributed by atoms with Gasteiger partial charge in [0.05, 0.1) is 5.25 Å². The molecule has 0 saturated carbocycles. The van der Waals surface area contributed by atoms with Gasteiger partial charge in [0.15, 0.2) is 0 Å². The van der Waals surface area contributed by atoms with Crippen LogP contribution in [0.2, 0.25) is 0 Å². The molecule has 0 aliphatic rings. The van der Waals surface area contributed by atoms with Gasteiger partial charge in [0.1, 0.15) is 11.5 Å². The van der Waals surface area contributed by atoms with E-state index >= 15 is 0 Å². The molecule has 1 heterocycles. The lowest BCUT2D eigenvalue weighted by molar-refractivity contribution is 0.465. The number of benzene rings is 1. The molecule has 19 heavy (non-hydrogen) atoms. The first-order valence-electron chi connectivity index (χ1n) is 6.53. The second-order valence-corrected chi connectivity index (χ2v) is 6.31. The third kappa shape index (κ3) is 3.43. The average molecular weight is 275 g/mol. The van der Waals surface area contributed by atoms with E-state index in [1.54, 1.807) is 11.8 Å². The molecule has 0 saturated heterocycles. The van der Waals surface area contributed by atoms with Gasteiger partial charge in [-0.3, -0.25) is 0 Å². The minimum Gasteiger partial charge on any atom is -0.465 e. The van der Waals surface area contributed by atoms with Crippen LogP contribution >= 0.6 is 11.8 Å². The topological polar surface area (TPSA) is 39.2 Å². The molecule has 0 bridgehead atoms. The maximum Gasteiger partial charge on any atom is 0.119 e. The van der Waals surface area contributed by atoms with Crippen LogP contribution < -0.4 is 5.73 Å². The summed E-state index contributed by atoms with van der Waals surface area (Å²) in [6.07, 6.45) is 0. The predicted molar refractivity (Wildman–Crippen MR) is 81.6 cm³/mol. The van der Waals surface area contributed by atoms with Crippen LogP contribution in [0.15, 0.2) is 39.6 Å². The number of nitrogens with two attached hydrogens (primary N) is 1. The molecule has 0 amide bonds. The van der Waals surface area contributed by atoms with Crippen molar-refractivity contribution in [1.82, 2.24) is 0 Å². The van der Waals surface area contributed by atoms with Crippen molar-refractivity contribution in [2.45, 2.75) is 43.9 Å². The highest BCUT2D eigenvalue weighted by Crippen LogP contribution is 2.38. The Labute approximate surface area is 119 Å². The van der Waals surface area contributed by atoms with Crippen LogP contribution in [-0.4, -0.2) is 6.04 Å². The molecule has 2 aromatic rings. The first kappa shape index (κ1) is 14.2. The summed E-state index contributed by atoms with van der Waals surface area (Å²) in [5, 5.41) is 0.149. The Morgan fingerprint density at radius 2 is 1.79 bits per heavy atom. The largest absolute Gasteiger partial charge is 0.465 e. The third-order valence-corrected chi connectivity index (χ3v) is 4.70. The standard InChI is InChI=1S/C16H21NOS/c1-10-5-7-14(9-11(10)2)19-16(13(4)17)15-8-6-12(3)18-15/h5-9,13,16H,17H2,1-4H3. The molecule has 0 fully saturated rings. The first-order valence-corrected chi connectivity index (χ1v) is 7.41. The Balaban J connectivity index is 2.23. The maximum atomic E-state index is 6.11. The van der Waals surface area contributed by atoms with Crippen LogP contribution in [0.25, 0.3) is 0 Å². The van der Waals surface area contributed by atoms with E-state index < -0.39 is 0 Å². The molecule has 1 aromatic carbocycles. The first-order chi connectivity index (χ1) is 8.97. The average Bonchev–Trinajstić information content (AvgIpc) is 2.76. The van der Waals surface area contributed by atoms with Crippen LogP contribution in [0.4, 0.5) is 0 Å². The van der Waals surface area contributed by atoms with Gasteiger partial charge in [-0.05, 0) is 63.1 Å². The van der Waals surface area contributed by atoms with E-state index in [1.807, 2.05) is 26.0 Å². The molecule has 0 aliphatic carbocycles. The quantitative estimate of drug-likeness (QED) is 0.841. The fraction of sp³-hybridized carbons (Fsp3) is 0.375. The van der Waals surface area contributed by atoms with Gasteiger partial charge in [-0.2, -0.15) is 0 Å². The second-order valence-electron chi connectivity index (χ2n) is 5.09. The Morgan fingerprint density at radius 3 is 2.32 bits per heavy atom. The fourth-order valence-corrected chi connectivity index (χ4v) is 3.11. The summed E-state index contributed by atoms with van der Waals surface area (Å²) in [5.74, 6) is 1.89. The molecule has 2 atom stereocenters. The highest BCUT2D eigenvalue weighted by Gasteiger charge is 2.21. The van der Waals surface area contributed by atoms with Crippen LogP contribution in [0.1, 0.15) is 34.8 Å². The molecule has 102 valence electrons. The van der Waals surface area contributed by atoms with Crippen LogP contribution in [0, 0.1) is 20.8 Å². The molecule has 1 aromatic heterocycles. The number of rotatable bonds is 4. The van der Waals surface area contributed by atoms with E-state index in [0.29, 0.717) is 0 Å². The van der Waals surface area contributed by atoms with Crippen LogP contribution in [0.5, 0.6) is 0 Å². The lowest BCUT2D eigenvalue weighted by Crippen LogP contribution is -2.22. The minimum absolute atomic E-state index is 0.0390. The van der Waals surface area contributed by atoms with Gasteiger partial charge < -0.3 is 10.2 Å². The zero-order valence-electron chi connectivity index (χ0n) is 11.9. The van der Waals surface area contributed by atoms with Crippen molar-refractivity contribution in [1.29, 1.82) is 0 Å². The SMILES string of the molecule is Cc1ccc(C(Sc2ccc(C)c(C)c2)C(C)N)o1. The Bertz CT molecular complexity index is 560. The monoisotopic (exact) mass is 275 g/mol. The van der Waals surface area contributed by atoms with Gasteiger partial charge in [-0.25, -0.2) is 0 Å². The van der Waals surface area contributed by atoms with E-state index in [9.17, 15) is 0 Å². The number of thioether (sulfide) groups is 1. The molecule has 0 aliphatic heterocycles. The summed E-state index contributed by atoms with van der Waals surface area (Å²) in [4.78, 5) is 1.24. The summed E-state index contributed by atoms with van der Waals surface area (Å²) >= 11 is 1.77. The molecular weight excluding hydrogens is 254 g/mol. The number of aryl methyl sites for hydroxylation is 3. The lowest BCUT2D eigenvalue weighted by atomic mass is 10.1. The lowest BCUT2D eigenvalue weighted by Gasteiger charge is -2.18. The molecule has 2 unspecified atom stereocenters. The summed E-state index contributed by atoms with van der Waals surface area (Å²) in [6.45, 7) is 8.25. The van der Waals surface area contributed by atoms with E-state index in [0.717, 1.165) is 11.5 Å². The molecule has 3 heteroatoms. The fourth-order valence-electron chi connectivity index (χ4n) is 1.96. The van der Waals surface area contributed by atoms with Gasteiger partial charge in [0, 0.05) is 10.9 Å². The van der Waals surface area contributed by atoms with E-state index in [-0.39, 0.29) is 11.3 Å². The number of hydrogen-bond donors (Lipinski definition) is 1. The number of furan rings is 1. The maximum absolute atomic E-state index is 6.11. The zero-order valence-corrected chi connectivity index (χ0v) is 12.8. The van der Waals surface area contributed by atoms with Gasteiger partial charge in [0.25, 0.3) is 0 Å². The van der Waals surface area contributed by atoms with E-state index in [2.05, 4.69) is 32.0 Å². The molecule has 2 rings (SSSR count). The van der Waals surface area contributed by atoms with Crippen LogP contribution in [-0.2, 0) is 0 Å². The molecular formula is C16H21NOS. The minimum atomic E-state index is 0.0390. The highest BCUT2D eigenvalue weighted by atomic mass is 32.2. The smallest absolute Gasteiger partial charge is 0.119 e. The summed E-state index contributed by atoms with van der Waals surface area (Å²) < 4.78 is 5.73. The van der Waals surface area contributed by atoms with E-state index in [1.165, 1.54) is 16.0 Å². The van der Waals surface area contributed by atoms with Crippen molar-refractivity contribution in [3.05, 3.63) is 53.0 Å². The Hall–Kier alpha value is -1.19. The van der Waals surface area contributed by atoms with Crippen molar-refractivity contribution < 1.29 is 4.42 Å². The number of hydrogen-bond acceptors (Lipinski definition) is 3. The van der Waals surface area contributed by atoms with Crippen molar-refractivity contribution in [3.63, 3.8) is 0 Å². The Kier molecular flexibility index (Phi) is 4.38. The van der Waals surface area contributed by atoms with Crippen LogP contribution in [0.3, 0.4) is 0 Å². The second kappa shape index (κ2) is 5.85. The summed E-state index contributed by atoms with van der Waals surface area (Å²) in [5.41, 5.74) is 8.74. The normalized spacial score (nSPS) is 14.4. The summed E-state index contributed by atoms with van der Waals surface area (Å²) in [7, 11) is 0. The zero-order chi connectivity index (χ0) is 14.0. The molecule has 2 nitrogen and oxygen atoms in total. The van der Waals surface area contributed by atoms with Crippen molar-refractivity contribution in [3.8, 4) is 0 Å². The van der Waals surface area contributed by atoms with Crippen molar-refractivity contribution in [2.75, 3.05) is 0 Å². The van der Waals surface area contributed by atoms with Crippen molar-refractivity contribution in [2.24, 2.45) is 5.73 Å².